The predicted octanol–water partition coefficient (Wildman–Crippen LogP) is 2.72. The van der Waals surface area contributed by atoms with E-state index in [0.29, 0.717) is 10.6 Å². The molecule has 2 aromatic heterocycles. The first-order valence-electron chi connectivity index (χ1n) is 4.35. The van der Waals surface area contributed by atoms with Gasteiger partial charge in [0, 0.05) is 0 Å². The fourth-order valence-electron chi connectivity index (χ4n) is 1.30. The summed E-state index contributed by atoms with van der Waals surface area (Å²) in [6.45, 7) is 3.59. The molecule has 0 spiro atoms. The maximum Gasteiger partial charge on any atom is 0.356 e. The Balaban J connectivity index is 2.56. The molecule has 0 saturated heterocycles. The van der Waals surface area contributed by atoms with Crippen LogP contribution in [0.5, 0.6) is 0 Å². The molecule has 4 nitrogen and oxygen atoms in total. The Morgan fingerprint density at radius 2 is 2.20 bits per heavy atom. The van der Waals surface area contributed by atoms with Crippen molar-refractivity contribution >= 4 is 17.3 Å². The third-order valence-corrected chi connectivity index (χ3v) is 2.89. The lowest BCUT2D eigenvalue weighted by atomic mass is 10.3. The summed E-state index contributed by atoms with van der Waals surface area (Å²) in [7, 11) is 0. The van der Waals surface area contributed by atoms with Crippen LogP contribution in [0.15, 0.2) is 16.5 Å². The van der Waals surface area contributed by atoms with Crippen molar-refractivity contribution in [3.63, 3.8) is 0 Å². The van der Waals surface area contributed by atoms with Crippen LogP contribution in [0, 0.1) is 13.8 Å². The summed E-state index contributed by atoms with van der Waals surface area (Å²) in [5, 5.41) is 9.67. The fraction of sp³-hybridized carbons (Fsp3) is 0.200. The zero-order chi connectivity index (χ0) is 11.0. The number of furan rings is 1. The second-order valence-corrected chi connectivity index (χ2v) is 4.33. The van der Waals surface area contributed by atoms with Gasteiger partial charge in [-0.2, -0.15) is 0 Å². The van der Waals surface area contributed by atoms with E-state index in [2.05, 4.69) is 4.98 Å². The lowest BCUT2D eigenvalue weighted by Gasteiger charge is -1.92. The minimum absolute atomic E-state index is 0.0619. The molecule has 0 amide bonds. The van der Waals surface area contributed by atoms with E-state index in [1.54, 1.807) is 19.1 Å². The van der Waals surface area contributed by atoms with Crippen molar-refractivity contribution in [2.45, 2.75) is 13.8 Å². The summed E-state index contributed by atoms with van der Waals surface area (Å²) in [5.41, 5.74) is 0.0619. The summed E-state index contributed by atoms with van der Waals surface area (Å²) in [5.74, 6) is 0.297. The molecule has 0 aliphatic heterocycles. The highest BCUT2D eigenvalue weighted by Gasteiger charge is 2.19. The molecule has 2 aromatic rings. The summed E-state index contributed by atoms with van der Waals surface area (Å²) in [6.07, 6.45) is 0. The molecule has 2 heterocycles. The van der Waals surface area contributed by atoms with Gasteiger partial charge in [0.05, 0.1) is 5.01 Å². The van der Waals surface area contributed by atoms with Gasteiger partial charge in [-0.15, -0.1) is 11.3 Å². The Morgan fingerprint density at radius 3 is 2.73 bits per heavy atom. The quantitative estimate of drug-likeness (QED) is 0.850. The zero-order valence-electron chi connectivity index (χ0n) is 8.27. The van der Waals surface area contributed by atoms with E-state index in [1.165, 1.54) is 11.3 Å². The fourth-order valence-corrected chi connectivity index (χ4v) is 2.17. The molecular formula is C10H9NO3S. The van der Waals surface area contributed by atoms with Crippen LogP contribution in [0.4, 0.5) is 0 Å². The molecule has 0 saturated carbocycles. The van der Waals surface area contributed by atoms with Crippen LogP contribution in [-0.2, 0) is 0 Å². The van der Waals surface area contributed by atoms with E-state index >= 15 is 0 Å². The van der Waals surface area contributed by atoms with Gasteiger partial charge in [-0.1, -0.05) is 0 Å². The summed E-state index contributed by atoms with van der Waals surface area (Å²) in [4.78, 5) is 15.4. The average molecular weight is 223 g/mol. The van der Waals surface area contributed by atoms with Gasteiger partial charge in [0.25, 0.3) is 0 Å². The van der Waals surface area contributed by atoms with Gasteiger partial charge in [-0.3, -0.25) is 0 Å². The molecule has 5 heteroatoms. The molecule has 0 atom stereocenters. The normalized spacial score (nSPS) is 10.5. The second-order valence-electron chi connectivity index (χ2n) is 3.13. The van der Waals surface area contributed by atoms with Crippen LogP contribution < -0.4 is 0 Å². The second kappa shape index (κ2) is 3.51. The number of hydrogen-bond donors (Lipinski definition) is 1. The highest BCUT2D eigenvalue weighted by Crippen LogP contribution is 2.31. The van der Waals surface area contributed by atoms with Crippen LogP contribution in [0.25, 0.3) is 10.6 Å². The van der Waals surface area contributed by atoms with Crippen LogP contribution >= 0.6 is 11.3 Å². The lowest BCUT2D eigenvalue weighted by Crippen LogP contribution is -1.98. The van der Waals surface area contributed by atoms with Crippen molar-refractivity contribution in [1.82, 2.24) is 4.98 Å². The van der Waals surface area contributed by atoms with Gasteiger partial charge >= 0.3 is 5.97 Å². The standard InChI is InChI=1S/C10H9NO3S/c1-5-3-4-7(14-5)9-8(10(12)13)11-6(2)15-9/h3-4H,1-2H3,(H,12,13). The molecule has 0 unspecified atom stereocenters. The first-order chi connectivity index (χ1) is 7.08. The number of nitrogens with zero attached hydrogens (tertiary/aromatic N) is 1. The average Bonchev–Trinajstić information content (AvgIpc) is 2.71. The Labute approximate surface area is 90.2 Å². The van der Waals surface area contributed by atoms with E-state index in [0.717, 1.165) is 10.8 Å². The number of hydrogen-bond acceptors (Lipinski definition) is 4. The maximum absolute atomic E-state index is 10.9. The highest BCUT2D eigenvalue weighted by atomic mass is 32.1. The number of rotatable bonds is 2. The Bertz CT molecular complexity index is 512. The molecular weight excluding hydrogens is 214 g/mol. The maximum atomic E-state index is 10.9. The largest absolute Gasteiger partial charge is 0.476 e. The molecule has 0 bridgehead atoms. The van der Waals surface area contributed by atoms with E-state index in [-0.39, 0.29) is 5.69 Å². The molecule has 0 fully saturated rings. The third kappa shape index (κ3) is 1.78. The number of carbonyl (C=O) groups is 1. The molecule has 2 rings (SSSR count). The Hall–Kier alpha value is -1.62. The molecule has 0 aromatic carbocycles. The SMILES string of the molecule is Cc1ccc(-c2sc(C)nc2C(=O)O)o1. The molecule has 0 aliphatic carbocycles. The van der Waals surface area contributed by atoms with Gasteiger partial charge in [0.2, 0.25) is 0 Å². The number of aryl methyl sites for hydroxylation is 2. The van der Waals surface area contributed by atoms with Crippen molar-refractivity contribution < 1.29 is 14.3 Å². The molecule has 1 N–H and O–H groups in total. The number of aromatic nitrogens is 1. The van der Waals surface area contributed by atoms with E-state index < -0.39 is 5.97 Å². The molecule has 0 aliphatic rings. The van der Waals surface area contributed by atoms with Crippen molar-refractivity contribution in [1.29, 1.82) is 0 Å². The van der Waals surface area contributed by atoms with Gasteiger partial charge < -0.3 is 9.52 Å². The molecule has 15 heavy (non-hydrogen) atoms. The summed E-state index contributed by atoms with van der Waals surface area (Å²) in [6, 6.07) is 3.56. The van der Waals surface area contributed by atoms with E-state index in [4.69, 9.17) is 9.52 Å². The van der Waals surface area contributed by atoms with Crippen molar-refractivity contribution in [2.24, 2.45) is 0 Å². The first kappa shape index (κ1) is 9.92. The van der Waals surface area contributed by atoms with Gasteiger partial charge in [-0.25, -0.2) is 9.78 Å². The third-order valence-electron chi connectivity index (χ3n) is 1.90. The van der Waals surface area contributed by atoms with Crippen LogP contribution in [0.3, 0.4) is 0 Å². The summed E-state index contributed by atoms with van der Waals surface area (Å²) < 4.78 is 5.38. The van der Waals surface area contributed by atoms with E-state index in [1.807, 2.05) is 6.92 Å². The molecule has 78 valence electrons. The minimum atomic E-state index is -1.02. The highest BCUT2D eigenvalue weighted by molar-refractivity contribution is 7.15. The smallest absolute Gasteiger partial charge is 0.356 e. The van der Waals surface area contributed by atoms with E-state index in [9.17, 15) is 4.79 Å². The van der Waals surface area contributed by atoms with Crippen molar-refractivity contribution in [3.05, 3.63) is 28.6 Å². The number of carboxylic acid groups (broad SMARTS) is 1. The van der Waals surface area contributed by atoms with Gasteiger partial charge in [-0.05, 0) is 26.0 Å². The predicted molar refractivity (Wildman–Crippen MR) is 56.2 cm³/mol. The topological polar surface area (TPSA) is 63.3 Å². The Kier molecular flexibility index (Phi) is 2.32. The van der Waals surface area contributed by atoms with Gasteiger partial charge in [0.15, 0.2) is 5.69 Å². The van der Waals surface area contributed by atoms with Crippen LogP contribution in [0.1, 0.15) is 21.3 Å². The number of aromatic carboxylic acids is 1. The van der Waals surface area contributed by atoms with Crippen LogP contribution in [0.2, 0.25) is 0 Å². The number of carboxylic acids is 1. The van der Waals surface area contributed by atoms with Crippen molar-refractivity contribution in [2.75, 3.05) is 0 Å². The van der Waals surface area contributed by atoms with Crippen molar-refractivity contribution in [3.8, 4) is 10.6 Å². The minimum Gasteiger partial charge on any atom is -0.476 e. The number of thiazole rings is 1. The van der Waals surface area contributed by atoms with Gasteiger partial charge in [0.1, 0.15) is 16.4 Å². The monoisotopic (exact) mass is 223 g/mol. The molecule has 0 radical (unpaired) electrons. The summed E-state index contributed by atoms with van der Waals surface area (Å²) >= 11 is 1.32. The first-order valence-corrected chi connectivity index (χ1v) is 5.17. The Morgan fingerprint density at radius 1 is 1.47 bits per heavy atom. The van der Waals surface area contributed by atoms with Crippen LogP contribution in [-0.4, -0.2) is 16.1 Å². The zero-order valence-corrected chi connectivity index (χ0v) is 9.09. The lowest BCUT2D eigenvalue weighted by molar-refractivity contribution is 0.0692.